The van der Waals surface area contributed by atoms with Crippen LogP contribution >= 0.6 is 11.6 Å². The summed E-state index contributed by atoms with van der Waals surface area (Å²) in [7, 11) is 0. The average molecular weight is 353 g/mol. The van der Waals surface area contributed by atoms with E-state index in [9.17, 15) is 4.79 Å². The van der Waals surface area contributed by atoms with E-state index in [2.05, 4.69) is 35.3 Å². The molecule has 1 saturated heterocycles. The maximum atomic E-state index is 12.9. The number of carbonyl (C=O) groups excluding carboxylic acids is 1. The normalized spacial score (nSPS) is 15.6. The highest BCUT2D eigenvalue weighted by Crippen LogP contribution is 2.27. The van der Waals surface area contributed by atoms with Crippen LogP contribution in [0.5, 0.6) is 0 Å². The molecule has 3 nitrogen and oxygen atoms in total. The molecule has 2 aromatic carbocycles. The first-order valence-corrected chi connectivity index (χ1v) is 9.18. The molecule has 25 heavy (non-hydrogen) atoms. The molecule has 1 N–H and O–H groups in total. The zero-order chi connectivity index (χ0) is 17.2. The van der Waals surface area contributed by atoms with E-state index in [4.69, 9.17) is 11.6 Å². The van der Waals surface area contributed by atoms with Crippen LogP contribution in [-0.4, -0.2) is 28.9 Å². The highest BCUT2D eigenvalue weighted by Gasteiger charge is 2.25. The third kappa shape index (κ3) is 3.42. The van der Waals surface area contributed by atoms with Gasteiger partial charge in [0.2, 0.25) is 0 Å². The third-order valence-corrected chi connectivity index (χ3v) is 5.45. The van der Waals surface area contributed by atoms with Gasteiger partial charge in [0.25, 0.3) is 5.91 Å². The zero-order valence-corrected chi connectivity index (χ0v) is 14.8. The summed E-state index contributed by atoms with van der Waals surface area (Å²) in [6, 6.07) is 16.3. The van der Waals surface area contributed by atoms with Gasteiger partial charge < -0.3 is 9.88 Å². The Bertz CT molecular complexity index is 879. The molecule has 128 valence electrons. The minimum atomic E-state index is 0.0414. The fraction of sp³-hybridized carbons (Fsp3) is 0.286. The SMILES string of the molecule is O=C(c1cc2[nH]ccc2cc1Cl)N1CCC(Cc2ccccc2)CC1. The van der Waals surface area contributed by atoms with Gasteiger partial charge in [-0.05, 0) is 48.9 Å². The van der Waals surface area contributed by atoms with Crippen LogP contribution in [0.4, 0.5) is 0 Å². The van der Waals surface area contributed by atoms with Gasteiger partial charge in [0.05, 0.1) is 10.6 Å². The number of likely N-dealkylation sites (tertiary alicyclic amines) is 1. The van der Waals surface area contributed by atoms with Gasteiger partial charge in [-0.15, -0.1) is 0 Å². The summed E-state index contributed by atoms with van der Waals surface area (Å²) in [5.74, 6) is 0.687. The van der Waals surface area contributed by atoms with E-state index in [1.54, 1.807) is 0 Å². The van der Waals surface area contributed by atoms with E-state index in [0.717, 1.165) is 43.3 Å². The summed E-state index contributed by atoms with van der Waals surface area (Å²) in [6.07, 6.45) is 5.05. The summed E-state index contributed by atoms with van der Waals surface area (Å²) in [5.41, 5.74) is 2.93. The Hall–Kier alpha value is -2.26. The quantitative estimate of drug-likeness (QED) is 0.713. The second-order valence-electron chi connectivity index (χ2n) is 6.82. The maximum absolute atomic E-state index is 12.9. The highest BCUT2D eigenvalue weighted by atomic mass is 35.5. The molecule has 0 unspecified atom stereocenters. The van der Waals surface area contributed by atoms with E-state index in [0.29, 0.717) is 16.5 Å². The molecular weight excluding hydrogens is 332 g/mol. The second-order valence-corrected chi connectivity index (χ2v) is 7.23. The van der Waals surface area contributed by atoms with Crippen LogP contribution in [0.3, 0.4) is 0 Å². The first-order chi connectivity index (χ1) is 12.2. The molecule has 1 aliphatic heterocycles. The molecule has 0 bridgehead atoms. The largest absolute Gasteiger partial charge is 0.361 e. The number of piperidine rings is 1. The summed E-state index contributed by atoms with van der Waals surface area (Å²) in [6.45, 7) is 1.60. The van der Waals surface area contributed by atoms with Crippen molar-refractivity contribution in [1.82, 2.24) is 9.88 Å². The van der Waals surface area contributed by atoms with Crippen LogP contribution in [-0.2, 0) is 6.42 Å². The van der Waals surface area contributed by atoms with Crippen molar-refractivity contribution in [3.8, 4) is 0 Å². The number of aromatic nitrogens is 1. The number of aromatic amines is 1. The Morgan fingerprint density at radius 2 is 1.88 bits per heavy atom. The number of fused-ring (bicyclic) bond motifs is 1. The van der Waals surface area contributed by atoms with Crippen LogP contribution in [0.25, 0.3) is 10.9 Å². The van der Waals surface area contributed by atoms with Crippen LogP contribution in [0.1, 0.15) is 28.8 Å². The molecule has 0 aliphatic carbocycles. The average Bonchev–Trinajstić information content (AvgIpc) is 3.09. The highest BCUT2D eigenvalue weighted by molar-refractivity contribution is 6.34. The van der Waals surface area contributed by atoms with Gasteiger partial charge in [0.1, 0.15) is 0 Å². The molecule has 1 aromatic heterocycles. The molecular formula is C21H21ClN2O. The van der Waals surface area contributed by atoms with Crippen molar-refractivity contribution in [2.24, 2.45) is 5.92 Å². The fourth-order valence-corrected chi connectivity index (χ4v) is 3.95. The molecule has 1 fully saturated rings. The molecule has 4 rings (SSSR count). The molecule has 0 spiro atoms. The zero-order valence-electron chi connectivity index (χ0n) is 14.0. The minimum absolute atomic E-state index is 0.0414. The molecule has 3 aromatic rings. The van der Waals surface area contributed by atoms with Crippen LogP contribution in [0, 0.1) is 5.92 Å². The molecule has 4 heteroatoms. The monoisotopic (exact) mass is 352 g/mol. The summed E-state index contributed by atoms with van der Waals surface area (Å²) < 4.78 is 0. The maximum Gasteiger partial charge on any atom is 0.255 e. The first-order valence-electron chi connectivity index (χ1n) is 8.80. The van der Waals surface area contributed by atoms with Crippen molar-refractivity contribution in [2.45, 2.75) is 19.3 Å². The Morgan fingerprint density at radius 1 is 1.12 bits per heavy atom. The predicted molar refractivity (Wildman–Crippen MR) is 102 cm³/mol. The van der Waals surface area contributed by atoms with Crippen molar-refractivity contribution in [3.05, 3.63) is 70.9 Å². The number of H-pyrrole nitrogens is 1. The lowest BCUT2D eigenvalue weighted by Crippen LogP contribution is -2.39. The first kappa shape index (κ1) is 16.2. The molecule has 0 saturated carbocycles. The minimum Gasteiger partial charge on any atom is -0.361 e. The van der Waals surface area contributed by atoms with Gasteiger partial charge in [-0.25, -0.2) is 0 Å². The number of halogens is 1. The summed E-state index contributed by atoms with van der Waals surface area (Å²) in [4.78, 5) is 18.0. The van der Waals surface area contributed by atoms with Gasteiger partial charge in [-0.1, -0.05) is 41.9 Å². The van der Waals surface area contributed by atoms with Gasteiger partial charge in [-0.2, -0.15) is 0 Å². The second kappa shape index (κ2) is 6.93. The molecule has 1 amide bonds. The number of nitrogens with one attached hydrogen (secondary N) is 1. The Kier molecular flexibility index (Phi) is 4.50. The van der Waals surface area contributed by atoms with Crippen molar-refractivity contribution < 1.29 is 4.79 Å². The number of nitrogens with zero attached hydrogens (tertiary/aromatic N) is 1. The topological polar surface area (TPSA) is 36.1 Å². The van der Waals surface area contributed by atoms with Crippen molar-refractivity contribution in [2.75, 3.05) is 13.1 Å². The number of hydrogen-bond acceptors (Lipinski definition) is 1. The number of carbonyl (C=O) groups is 1. The molecule has 2 heterocycles. The molecule has 0 atom stereocenters. The smallest absolute Gasteiger partial charge is 0.255 e. The molecule has 0 radical (unpaired) electrons. The lowest BCUT2D eigenvalue weighted by atomic mass is 9.90. The van der Waals surface area contributed by atoms with Gasteiger partial charge in [-0.3, -0.25) is 4.79 Å². The number of benzene rings is 2. The standard InChI is InChI=1S/C21H21ClN2O/c22-19-13-17-6-9-23-20(17)14-18(19)21(25)24-10-7-16(8-11-24)12-15-4-2-1-3-5-15/h1-6,9,13-14,16,23H,7-8,10-12H2. The summed E-state index contributed by atoms with van der Waals surface area (Å²) >= 11 is 6.35. The van der Waals surface area contributed by atoms with E-state index in [1.165, 1.54) is 5.56 Å². The Balaban J connectivity index is 1.43. The number of hydrogen-bond donors (Lipinski definition) is 1. The number of amides is 1. The lowest BCUT2D eigenvalue weighted by molar-refractivity contribution is 0.0691. The van der Waals surface area contributed by atoms with Crippen molar-refractivity contribution in [1.29, 1.82) is 0 Å². The van der Waals surface area contributed by atoms with Crippen LogP contribution < -0.4 is 0 Å². The molecule has 1 aliphatic rings. The third-order valence-electron chi connectivity index (χ3n) is 5.14. The van der Waals surface area contributed by atoms with Crippen molar-refractivity contribution >= 4 is 28.4 Å². The van der Waals surface area contributed by atoms with Gasteiger partial charge >= 0.3 is 0 Å². The van der Waals surface area contributed by atoms with Crippen LogP contribution in [0.2, 0.25) is 5.02 Å². The van der Waals surface area contributed by atoms with Gasteiger partial charge in [0, 0.05) is 30.2 Å². The number of rotatable bonds is 3. The van der Waals surface area contributed by atoms with E-state index in [1.807, 2.05) is 29.3 Å². The lowest BCUT2D eigenvalue weighted by Gasteiger charge is -2.32. The summed E-state index contributed by atoms with van der Waals surface area (Å²) in [5, 5.41) is 1.56. The van der Waals surface area contributed by atoms with E-state index in [-0.39, 0.29) is 5.91 Å². The van der Waals surface area contributed by atoms with Gasteiger partial charge in [0.15, 0.2) is 0 Å². The van der Waals surface area contributed by atoms with E-state index >= 15 is 0 Å². The van der Waals surface area contributed by atoms with Crippen LogP contribution in [0.15, 0.2) is 54.7 Å². The van der Waals surface area contributed by atoms with Crippen molar-refractivity contribution in [3.63, 3.8) is 0 Å². The Labute approximate surface area is 152 Å². The Morgan fingerprint density at radius 3 is 2.64 bits per heavy atom. The van der Waals surface area contributed by atoms with E-state index < -0.39 is 0 Å². The predicted octanol–water partition coefficient (Wildman–Crippen LogP) is 4.92. The fourth-order valence-electron chi connectivity index (χ4n) is 3.69.